The highest BCUT2D eigenvalue weighted by Crippen LogP contribution is 2.32. The molecule has 2 rings (SSSR count). The molecule has 0 atom stereocenters. The van der Waals surface area contributed by atoms with Crippen molar-refractivity contribution in [2.24, 2.45) is 0 Å². The van der Waals surface area contributed by atoms with Gasteiger partial charge >= 0.3 is 22.1 Å². The van der Waals surface area contributed by atoms with Crippen LogP contribution in [0.15, 0.2) is 52.9 Å². The molecule has 160 valence electrons. The lowest BCUT2D eigenvalue weighted by Gasteiger charge is -2.13. The van der Waals surface area contributed by atoms with Gasteiger partial charge in [-0.25, -0.2) is 9.59 Å². The van der Waals surface area contributed by atoms with Gasteiger partial charge in [0.05, 0.1) is 20.8 Å². The molecule has 0 aliphatic heterocycles. The van der Waals surface area contributed by atoms with Gasteiger partial charge in [-0.05, 0) is 49.8 Å². The van der Waals surface area contributed by atoms with Crippen molar-refractivity contribution in [1.29, 1.82) is 0 Å². The summed E-state index contributed by atoms with van der Waals surface area (Å²) in [4.78, 5) is 23.7. The maximum Gasteiger partial charge on any atom is 0.345 e. The van der Waals surface area contributed by atoms with Gasteiger partial charge < -0.3 is 18.4 Å². The van der Waals surface area contributed by atoms with Gasteiger partial charge in [-0.2, -0.15) is 8.42 Å². The lowest BCUT2D eigenvalue weighted by Crippen LogP contribution is -2.15. The van der Waals surface area contributed by atoms with Crippen LogP contribution in [-0.4, -0.2) is 41.2 Å². The summed E-state index contributed by atoms with van der Waals surface area (Å²) in [5.41, 5.74) is 0.958. The Labute approximate surface area is 175 Å². The summed E-state index contributed by atoms with van der Waals surface area (Å²) < 4.78 is 45.1. The number of rotatable bonds is 8. The number of aryl methyl sites for hydroxylation is 1. The zero-order chi connectivity index (χ0) is 22.3. The van der Waals surface area contributed by atoms with Crippen molar-refractivity contribution in [1.82, 2.24) is 0 Å². The summed E-state index contributed by atoms with van der Waals surface area (Å²) in [6.45, 7) is 3.79. The van der Waals surface area contributed by atoms with Crippen LogP contribution in [0.3, 0.4) is 0 Å². The van der Waals surface area contributed by atoms with Crippen LogP contribution in [0, 0.1) is 6.92 Å². The quantitative estimate of drug-likeness (QED) is 0.205. The molecule has 0 aliphatic carbocycles. The Bertz CT molecular complexity index is 1030. The summed E-state index contributed by atoms with van der Waals surface area (Å²) in [5.74, 6) is -1.66. The Morgan fingerprint density at radius 3 is 2.07 bits per heavy atom. The Kier molecular flexibility index (Phi) is 7.60. The summed E-state index contributed by atoms with van der Waals surface area (Å²) in [6, 6.07) is 10.5. The zero-order valence-electron chi connectivity index (χ0n) is 17.0. The molecule has 0 aromatic heterocycles. The fourth-order valence-corrected chi connectivity index (χ4v) is 3.35. The predicted molar refractivity (Wildman–Crippen MR) is 109 cm³/mol. The highest BCUT2D eigenvalue weighted by atomic mass is 32.2. The van der Waals surface area contributed by atoms with E-state index >= 15 is 0 Å². The average Bonchev–Trinajstić information content (AvgIpc) is 2.73. The molecule has 0 saturated carbocycles. The van der Waals surface area contributed by atoms with Crippen LogP contribution in [0.4, 0.5) is 0 Å². The average molecular weight is 434 g/mol. The molecular formula is C21H22O8S. The molecular weight excluding hydrogens is 412 g/mol. The molecule has 0 bridgehead atoms. The first-order valence-corrected chi connectivity index (χ1v) is 10.3. The molecule has 0 heterocycles. The smallest absolute Gasteiger partial charge is 0.345 e. The highest BCUT2D eigenvalue weighted by molar-refractivity contribution is 7.87. The minimum atomic E-state index is -4.09. The zero-order valence-corrected chi connectivity index (χ0v) is 17.8. The van der Waals surface area contributed by atoms with E-state index in [0.29, 0.717) is 5.56 Å². The van der Waals surface area contributed by atoms with E-state index in [2.05, 4.69) is 9.47 Å². The summed E-state index contributed by atoms with van der Waals surface area (Å²) in [5, 5.41) is 0. The van der Waals surface area contributed by atoms with Gasteiger partial charge in [-0.1, -0.05) is 23.8 Å². The van der Waals surface area contributed by atoms with Crippen LogP contribution in [-0.2, 0) is 29.2 Å². The largest absolute Gasteiger partial charge is 0.490 e. The first-order valence-electron chi connectivity index (χ1n) is 8.88. The van der Waals surface area contributed by atoms with Gasteiger partial charge in [0.15, 0.2) is 11.5 Å². The van der Waals surface area contributed by atoms with Gasteiger partial charge in [0, 0.05) is 0 Å². The summed E-state index contributed by atoms with van der Waals surface area (Å²) in [6.07, 6.45) is 1.25. The molecule has 2 aromatic carbocycles. The van der Waals surface area contributed by atoms with Crippen LogP contribution >= 0.6 is 0 Å². The van der Waals surface area contributed by atoms with Crippen molar-refractivity contribution < 1.29 is 36.4 Å². The van der Waals surface area contributed by atoms with E-state index in [1.165, 1.54) is 36.4 Å². The van der Waals surface area contributed by atoms with E-state index in [9.17, 15) is 18.0 Å². The van der Waals surface area contributed by atoms with E-state index in [4.69, 9.17) is 8.92 Å². The SMILES string of the molecule is CCOc1cc(C=C(C(=O)OC)C(=O)OC)ccc1OS(=O)(=O)c1ccc(C)cc1. The molecule has 30 heavy (non-hydrogen) atoms. The number of esters is 2. The maximum absolute atomic E-state index is 12.6. The number of ether oxygens (including phenoxy) is 3. The van der Waals surface area contributed by atoms with Crippen molar-refractivity contribution in [3.63, 3.8) is 0 Å². The van der Waals surface area contributed by atoms with Crippen LogP contribution in [0.1, 0.15) is 18.1 Å². The minimum absolute atomic E-state index is 0.00168. The Morgan fingerprint density at radius 2 is 1.53 bits per heavy atom. The molecule has 0 amide bonds. The maximum atomic E-state index is 12.6. The molecule has 9 heteroatoms. The molecule has 0 radical (unpaired) electrons. The summed E-state index contributed by atoms with van der Waals surface area (Å²) >= 11 is 0. The van der Waals surface area contributed by atoms with Gasteiger partial charge in [0.25, 0.3) is 0 Å². The number of carbonyl (C=O) groups is 2. The number of methoxy groups -OCH3 is 2. The third-order valence-electron chi connectivity index (χ3n) is 3.90. The molecule has 0 spiro atoms. The van der Waals surface area contributed by atoms with E-state index in [0.717, 1.165) is 19.8 Å². The van der Waals surface area contributed by atoms with E-state index in [-0.39, 0.29) is 28.6 Å². The number of hydrogen-bond acceptors (Lipinski definition) is 8. The third kappa shape index (κ3) is 5.60. The second-order valence-electron chi connectivity index (χ2n) is 6.03. The van der Waals surface area contributed by atoms with Crippen LogP contribution in [0.5, 0.6) is 11.5 Å². The standard InChI is InChI=1S/C21H22O8S/c1-5-28-19-13-15(12-17(20(22)26-3)21(23)27-4)8-11-18(19)29-30(24,25)16-9-6-14(2)7-10-16/h6-13H,5H2,1-4H3. The van der Waals surface area contributed by atoms with Crippen molar-refractivity contribution in [2.75, 3.05) is 20.8 Å². The van der Waals surface area contributed by atoms with Crippen molar-refractivity contribution in [3.8, 4) is 11.5 Å². The molecule has 0 fully saturated rings. The number of hydrogen-bond donors (Lipinski definition) is 0. The first-order chi connectivity index (χ1) is 14.2. The molecule has 2 aromatic rings. The molecule has 0 unspecified atom stereocenters. The van der Waals surface area contributed by atoms with Gasteiger partial charge in [-0.3, -0.25) is 0 Å². The van der Waals surface area contributed by atoms with Gasteiger partial charge in [-0.15, -0.1) is 0 Å². The van der Waals surface area contributed by atoms with Gasteiger partial charge in [0.2, 0.25) is 0 Å². The minimum Gasteiger partial charge on any atom is -0.490 e. The van der Waals surface area contributed by atoms with E-state index < -0.39 is 22.1 Å². The lowest BCUT2D eigenvalue weighted by molar-refractivity contribution is -0.143. The molecule has 0 aliphatic rings. The first kappa shape index (κ1) is 23.0. The predicted octanol–water partition coefficient (Wildman–Crippen LogP) is 2.89. The van der Waals surface area contributed by atoms with Crippen molar-refractivity contribution >= 4 is 28.1 Å². The monoisotopic (exact) mass is 434 g/mol. The molecule has 0 saturated heterocycles. The third-order valence-corrected chi connectivity index (χ3v) is 5.15. The van der Waals surface area contributed by atoms with Crippen LogP contribution in [0.2, 0.25) is 0 Å². The van der Waals surface area contributed by atoms with Gasteiger partial charge in [0.1, 0.15) is 10.5 Å². The van der Waals surface area contributed by atoms with Crippen molar-refractivity contribution in [2.45, 2.75) is 18.7 Å². The van der Waals surface area contributed by atoms with E-state index in [1.807, 2.05) is 6.92 Å². The number of carbonyl (C=O) groups excluding carboxylic acids is 2. The van der Waals surface area contributed by atoms with Crippen molar-refractivity contribution in [3.05, 3.63) is 59.2 Å². The highest BCUT2D eigenvalue weighted by Gasteiger charge is 2.22. The Morgan fingerprint density at radius 1 is 0.933 bits per heavy atom. The second kappa shape index (κ2) is 9.93. The summed E-state index contributed by atoms with van der Waals surface area (Å²) in [7, 11) is -1.81. The Hall–Kier alpha value is -3.33. The normalized spacial score (nSPS) is 10.7. The fraction of sp³-hybridized carbons (Fsp3) is 0.238. The molecule has 8 nitrogen and oxygen atoms in total. The topological polar surface area (TPSA) is 105 Å². The molecule has 0 N–H and O–H groups in total. The second-order valence-corrected chi connectivity index (χ2v) is 7.58. The lowest BCUT2D eigenvalue weighted by atomic mass is 10.1. The Balaban J connectivity index is 2.43. The van der Waals surface area contributed by atoms with E-state index in [1.54, 1.807) is 19.1 Å². The number of benzene rings is 2. The van der Waals surface area contributed by atoms with Crippen LogP contribution < -0.4 is 8.92 Å². The fourth-order valence-electron chi connectivity index (χ4n) is 2.41. The van der Waals surface area contributed by atoms with Crippen LogP contribution in [0.25, 0.3) is 6.08 Å².